The van der Waals surface area contributed by atoms with Crippen molar-refractivity contribution in [2.45, 2.75) is 6.54 Å². The molecule has 1 aliphatic heterocycles. The molecule has 2 N–H and O–H groups in total. The second-order valence-corrected chi connectivity index (χ2v) is 7.63. The average molecular weight is 403 g/mol. The lowest BCUT2D eigenvalue weighted by atomic mass is 10.1. The summed E-state index contributed by atoms with van der Waals surface area (Å²) in [6, 6.07) is 25.9. The summed E-state index contributed by atoms with van der Waals surface area (Å²) >= 11 is 0. The van der Waals surface area contributed by atoms with Gasteiger partial charge in [0, 0.05) is 28.6 Å². The van der Waals surface area contributed by atoms with E-state index in [2.05, 4.69) is 52.7 Å². The van der Waals surface area contributed by atoms with Crippen LogP contribution in [0.5, 0.6) is 5.75 Å². The molecule has 5 nitrogen and oxygen atoms in total. The van der Waals surface area contributed by atoms with Crippen molar-refractivity contribution in [3.63, 3.8) is 0 Å². The van der Waals surface area contributed by atoms with E-state index < -0.39 is 0 Å². The number of quaternary nitrogens is 1. The number of carbonyl (C=O) groups is 1. The summed E-state index contributed by atoms with van der Waals surface area (Å²) < 4.78 is 5.21. The van der Waals surface area contributed by atoms with Crippen LogP contribution in [0.15, 0.2) is 78.9 Å². The van der Waals surface area contributed by atoms with E-state index in [9.17, 15) is 4.79 Å². The van der Waals surface area contributed by atoms with Crippen molar-refractivity contribution in [2.24, 2.45) is 0 Å². The van der Waals surface area contributed by atoms with E-state index in [0.29, 0.717) is 5.56 Å². The molecule has 0 radical (unpaired) electrons. The van der Waals surface area contributed by atoms with Crippen LogP contribution in [0.2, 0.25) is 0 Å². The molecular formula is C25H28N3O2+. The lowest BCUT2D eigenvalue weighted by Gasteiger charge is -2.33. The van der Waals surface area contributed by atoms with Crippen molar-refractivity contribution in [3.8, 4) is 5.75 Å². The minimum Gasteiger partial charge on any atom is -0.497 e. The minimum absolute atomic E-state index is 0.112. The number of methoxy groups -OCH3 is 1. The topological polar surface area (TPSA) is 46.0 Å². The molecule has 0 bridgehead atoms. The van der Waals surface area contributed by atoms with Gasteiger partial charge in [0.15, 0.2) is 0 Å². The number of piperazine rings is 1. The maximum absolute atomic E-state index is 12.5. The van der Waals surface area contributed by atoms with Crippen molar-refractivity contribution >= 4 is 17.3 Å². The van der Waals surface area contributed by atoms with E-state index in [0.717, 1.165) is 44.2 Å². The fraction of sp³-hybridized carbons (Fsp3) is 0.240. The fourth-order valence-corrected chi connectivity index (χ4v) is 3.86. The van der Waals surface area contributed by atoms with Gasteiger partial charge in [-0.05, 0) is 36.4 Å². The zero-order valence-corrected chi connectivity index (χ0v) is 17.3. The Morgan fingerprint density at radius 2 is 1.70 bits per heavy atom. The molecule has 1 saturated heterocycles. The number of nitrogens with zero attached hydrogens (tertiary/aromatic N) is 1. The summed E-state index contributed by atoms with van der Waals surface area (Å²) in [5.74, 6) is 0.608. The highest BCUT2D eigenvalue weighted by molar-refractivity contribution is 6.04. The third-order valence-corrected chi connectivity index (χ3v) is 5.59. The molecule has 0 atom stereocenters. The van der Waals surface area contributed by atoms with Crippen LogP contribution in [0.1, 0.15) is 15.9 Å². The van der Waals surface area contributed by atoms with Crippen LogP contribution >= 0.6 is 0 Å². The first-order chi connectivity index (χ1) is 14.7. The van der Waals surface area contributed by atoms with Gasteiger partial charge < -0.3 is 19.9 Å². The highest BCUT2D eigenvalue weighted by atomic mass is 16.5. The summed E-state index contributed by atoms with van der Waals surface area (Å²) in [5.41, 5.74) is 3.95. The monoisotopic (exact) mass is 402 g/mol. The van der Waals surface area contributed by atoms with E-state index in [-0.39, 0.29) is 5.91 Å². The smallest absolute Gasteiger partial charge is 0.255 e. The lowest BCUT2D eigenvalue weighted by molar-refractivity contribution is -0.914. The van der Waals surface area contributed by atoms with Gasteiger partial charge in [-0.3, -0.25) is 4.79 Å². The molecule has 5 heteroatoms. The normalized spacial score (nSPS) is 14.4. The first-order valence-corrected chi connectivity index (χ1v) is 10.4. The molecule has 30 heavy (non-hydrogen) atoms. The Kier molecular flexibility index (Phi) is 6.30. The van der Waals surface area contributed by atoms with Gasteiger partial charge in [0.2, 0.25) is 0 Å². The Morgan fingerprint density at radius 1 is 0.967 bits per heavy atom. The maximum atomic E-state index is 12.5. The predicted octanol–water partition coefficient (Wildman–Crippen LogP) is 2.85. The molecule has 4 rings (SSSR count). The molecule has 0 saturated carbocycles. The van der Waals surface area contributed by atoms with Gasteiger partial charge in [0.25, 0.3) is 5.91 Å². The second-order valence-electron chi connectivity index (χ2n) is 7.63. The van der Waals surface area contributed by atoms with E-state index in [1.807, 2.05) is 36.4 Å². The van der Waals surface area contributed by atoms with Crippen molar-refractivity contribution in [2.75, 3.05) is 43.5 Å². The van der Waals surface area contributed by atoms with E-state index in [1.165, 1.54) is 11.3 Å². The molecule has 3 aromatic carbocycles. The number of nitrogens with one attached hydrogen (secondary N) is 2. The number of amides is 1. The molecule has 0 spiro atoms. The van der Waals surface area contributed by atoms with Crippen molar-refractivity contribution in [1.82, 2.24) is 0 Å². The van der Waals surface area contributed by atoms with Gasteiger partial charge in [-0.25, -0.2) is 0 Å². The number of anilines is 2. The number of hydrogen-bond acceptors (Lipinski definition) is 3. The fourth-order valence-electron chi connectivity index (χ4n) is 3.86. The number of hydrogen-bond donors (Lipinski definition) is 2. The van der Waals surface area contributed by atoms with E-state index >= 15 is 0 Å². The number of carbonyl (C=O) groups excluding carboxylic acids is 1. The van der Waals surface area contributed by atoms with Gasteiger partial charge in [0.05, 0.1) is 33.3 Å². The Bertz CT molecular complexity index is 965. The van der Waals surface area contributed by atoms with Gasteiger partial charge >= 0.3 is 0 Å². The highest BCUT2D eigenvalue weighted by Crippen LogP contribution is 2.18. The zero-order valence-electron chi connectivity index (χ0n) is 17.3. The van der Waals surface area contributed by atoms with Crippen LogP contribution in [-0.4, -0.2) is 39.2 Å². The van der Waals surface area contributed by atoms with E-state index in [1.54, 1.807) is 12.0 Å². The van der Waals surface area contributed by atoms with Crippen LogP contribution in [0.4, 0.5) is 11.4 Å². The Balaban J connectivity index is 1.30. The van der Waals surface area contributed by atoms with Crippen LogP contribution in [0, 0.1) is 0 Å². The van der Waals surface area contributed by atoms with Gasteiger partial charge in [-0.1, -0.05) is 36.4 Å². The Labute approximate surface area is 177 Å². The molecule has 3 aromatic rings. The van der Waals surface area contributed by atoms with Crippen LogP contribution in [-0.2, 0) is 6.54 Å². The Hall–Kier alpha value is -3.31. The summed E-state index contributed by atoms with van der Waals surface area (Å²) in [6.07, 6.45) is 0. The van der Waals surface area contributed by atoms with Gasteiger partial charge in [-0.2, -0.15) is 0 Å². The number of para-hydroxylation sites is 1. The first kappa shape index (κ1) is 20.0. The van der Waals surface area contributed by atoms with Crippen LogP contribution in [0.25, 0.3) is 0 Å². The largest absolute Gasteiger partial charge is 0.497 e. The van der Waals surface area contributed by atoms with Gasteiger partial charge in [0.1, 0.15) is 12.3 Å². The van der Waals surface area contributed by atoms with E-state index in [4.69, 9.17) is 4.74 Å². The quantitative estimate of drug-likeness (QED) is 0.667. The molecule has 154 valence electrons. The summed E-state index contributed by atoms with van der Waals surface area (Å²) in [6.45, 7) is 5.36. The number of ether oxygens (including phenoxy) is 1. The van der Waals surface area contributed by atoms with Crippen LogP contribution in [0.3, 0.4) is 0 Å². The predicted molar refractivity (Wildman–Crippen MR) is 120 cm³/mol. The average Bonchev–Trinajstić information content (AvgIpc) is 2.81. The third kappa shape index (κ3) is 4.99. The molecule has 1 heterocycles. The third-order valence-electron chi connectivity index (χ3n) is 5.59. The molecule has 1 aliphatic rings. The Morgan fingerprint density at radius 3 is 2.40 bits per heavy atom. The molecule has 0 aliphatic carbocycles. The highest BCUT2D eigenvalue weighted by Gasteiger charge is 2.20. The minimum atomic E-state index is -0.112. The van der Waals surface area contributed by atoms with Crippen molar-refractivity contribution < 1.29 is 14.4 Å². The maximum Gasteiger partial charge on any atom is 0.255 e. The molecule has 0 aromatic heterocycles. The number of rotatable bonds is 6. The standard InChI is InChI=1S/C25H27N3O2/c1-30-24-9-5-6-22(18-24)26-25(29)21-12-10-20(11-13-21)19-27-14-16-28(17-15-27)23-7-3-2-4-8-23/h2-13,18H,14-17,19H2,1H3,(H,26,29)/p+1. The van der Waals surface area contributed by atoms with Crippen molar-refractivity contribution in [3.05, 3.63) is 90.0 Å². The molecule has 1 amide bonds. The zero-order chi connectivity index (χ0) is 20.8. The molecular weight excluding hydrogens is 374 g/mol. The molecule has 0 unspecified atom stereocenters. The molecule has 1 fully saturated rings. The van der Waals surface area contributed by atoms with Gasteiger partial charge in [-0.15, -0.1) is 0 Å². The summed E-state index contributed by atoms with van der Waals surface area (Å²) in [4.78, 5) is 16.6. The summed E-state index contributed by atoms with van der Waals surface area (Å²) in [5, 5.41) is 2.92. The lowest BCUT2D eigenvalue weighted by Crippen LogP contribution is -3.13. The SMILES string of the molecule is COc1cccc(NC(=O)c2ccc(C[NH+]3CCN(c4ccccc4)CC3)cc2)c1. The first-order valence-electron chi connectivity index (χ1n) is 10.4. The summed E-state index contributed by atoms with van der Waals surface area (Å²) in [7, 11) is 1.61. The van der Waals surface area contributed by atoms with Crippen molar-refractivity contribution in [1.29, 1.82) is 0 Å². The van der Waals surface area contributed by atoms with Crippen LogP contribution < -0.4 is 19.9 Å². The number of benzene rings is 3. The second kappa shape index (κ2) is 9.46.